The van der Waals surface area contributed by atoms with Crippen LogP contribution in [0.3, 0.4) is 0 Å². The van der Waals surface area contributed by atoms with Crippen LogP contribution >= 0.6 is 34.8 Å². The molecule has 106 valence electrons. The molecule has 0 saturated heterocycles. The van der Waals surface area contributed by atoms with Crippen LogP contribution < -0.4 is 4.72 Å². The Kier molecular flexibility index (Phi) is 4.29. The average molecular weight is 354 g/mol. The molecule has 1 aromatic heterocycles. The maximum Gasteiger partial charge on any atom is 0.263 e. The number of nitrogens with one attached hydrogen (secondary N) is 1. The molecule has 2 aromatic rings. The Balaban J connectivity index is 2.38. The van der Waals surface area contributed by atoms with Crippen LogP contribution in [0.25, 0.3) is 0 Å². The molecule has 0 unspecified atom stereocenters. The third-order valence-electron chi connectivity index (χ3n) is 2.27. The Bertz CT molecular complexity index is 766. The molecule has 0 aliphatic heterocycles. The van der Waals surface area contributed by atoms with E-state index in [0.29, 0.717) is 0 Å². The van der Waals surface area contributed by atoms with E-state index in [0.717, 1.165) is 0 Å². The standard InChI is InChI=1S/C11H7Cl3N2O3S/c12-6-3-10(17)11(15-5-6)16-20(18,19)7-1-2-8(13)9(14)4-7/h1-5,17H,(H,15,16). The van der Waals surface area contributed by atoms with Gasteiger partial charge in [-0.15, -0.1) is 0 Å². The molecule has 0 radical (unpaired) electrons. The van der Waals surface area contributed by atoms with Crippen molar-refractivity contribution in [2.24, 2.45) is 0 Å². The molecule has 9 heteroatoms. The summed E-state index contributed by atoms with van der Waals surface area (Å²) in [6.45, 7) is 0. The van der Waals surface area contributed by atoms with Crippen molar-refractivity contribution >= 4 is 50.6 Å². The summed E-state index contributed by atoms with van der Waals surface area (Å²) in [4.78, 5) is 3.59. The topological polar surface area (TPSA) is 79.3 Å². The van der Waals surface area contributed by atoms with E-state index in [-0.39, 0.29) is 31.5 Å². The minimum absolute atomic E-state index is 0.0998. The second kappa shape index (κ2) is 5.65. The summed E-state index contributed by atoms with van der Waals surface area (Å²) in [5.74, 6) is -0.624. The van der Waals surface area contributed by atoms with Gasteiger partial charge in [-0.3, -0.25) is 4.72 Å². The van der Waals surface area contributed by atoms with Gasteiger partial charge >= 0.3 is 0 Å². The maximum atomic E-state index is 12.1. The molecular formula is C11H7Cl3N2O3S. The van der Waals surface area contributed by atoms with Crippen molar-refractivity contribution in [2.45, 2.75) is 4.90 Å². The van der Waals surface area contributed by atoms with E-state index in [1.54, 1.807) is 0 Å². The first-order chi connectivity index (χ1) is 9.29. The molecule has 2 N–H and O–H groups in total. The normalized spacial score (nSPS) is 11.3. The SMILES string of the molecule is O=S(=O)(Nc1ncc(Cl)cc1O)c1ccc(Cl)c(Cl)c1. The molecule has 0 amide bonds. The first kappa shape index (κ1) is 15.2. The summed E-state index contributed by atoms with van der Waals surface area (Å²) >= 11 is 17.1. The zero-order valence-electron chi connectivity index (χ0n) is 9.64. The Labute approximate surface area is 130 Å². The zero-order chi connectivity index (χ0) is 14.9. The summed E-state index contributed by atoms with van der Waals surface area (Å²) in [6, 6.07) is 5.00. The van der Waals surface area contributed by atoms with Crippen molar-refractivity contribution in [1.82, 2.24) is 4.98 Å². The van der Waals surface area contributed by atoms with Gasteiger partial charge in [-0.05, 0) is 18.2 Å². The summed E-state index contributed by atoms with van der Waals surface area (Å²) < 4.78 is 26.3. The number of benzene rings is 1. The van der Waals surface area contributed by atoms with Crippen LogP contribution in [0, 0.1) is 0 Å². The molecule has 20 heavy (non-hydrogen) atoms. The second-order valence-corrected chi connectivity index (χ2v) is 6.64. The number of aromatic nitrogens is 1. The largest absolute Gasteiger partial charge is 0.504 e. The van der Waals surface area contributed by atoms with Gasteiger partial charge in [0, 0.05) is 12.3 Å². The number of pyridine rings is 1. The van der Waals surface area contributed by atoms with Gasteiger partial charge in [0.15, 0.2) is 11.6 Å². The smallest absolute Gasteiger partial charge is 0.263 e. The molecule has 1 aromatic carbocycles. The fourth-order valence-electron chi connectivity index (χ4n) is 1.34. The molecule has 1 heterocycles. The maximum absolute atomic E-state index is 12.1. The minimum atomic E-state index is -3.95. The number of hydrogen-bond acceptors (Lipinski definition) is 4. The minimum Gasteiger partial charge on any atom is -0.504 e. The lowest BCUT2D eigenvalue weighted by atomic mass is 10.4. The molecule has 0 atom stereocenters. The highest BCUT2D eigenvalue weighted by Gasteiger charge is 2.18. The van der Waals surface area contributed by atoms with Crippen LogP contribution in [0.5, 0.6) is 5.75 Å². The van der Waals surface area contributed by atoms with E-state index in [1.807, 2.05) is 0 Å². The molecule has 0 aliphatic rings. The van der Waals surface area contributed by atoms with Crippen LogP contribution in [-0.2, 0) is 10.0 Å². The fraction of sp³-hybridized carbons (Fsp3) is 0. The number of nitrogens with zero attached hydrogens (tertiary/aromatic N) is 1. The second-order valence-electron chi connectivity index (χ2n) is 3.70. The number of aromatic hydroxyl groups is 1. The lowest BCUT2D eigenvalue weighted by Gasteiger charge is -2.09. The highest BCUT2D eigenvalue weighted by molar-refractivity contribution is 7.92. The first-order valence-electron chi connectivity index (χ1n) is 5.12. The Hall–Kier alpha value is -1.21. The van der Waals surface area contributed by atoms with Crippen molar-refractivity contribution in [3.8, 4) is 5.75 Å². The van der Waals surface area contributed by atoms with E-state index < -0.39 is 10.0 Å². The van der Waals surface area contributed by atoms with E-state index in [9.17, 15) is 13.5 Å². The first-order valence-corrected chi connectivity index (χ1v) is 7.74. The van der Waals surface area contributed by atoms with Gasteiger partial charge < -0.3 is 5.11 Å². The van der Waals surface area contributed by atoms with Crippen LogP contribution in [0.1, 0.15) is 0 Å². The van der Waals surface area contributed by atoms with E-state index in [2.05, 4.69) is 9.71 Å². The van der Waals surface area contributed by atoms with Gasteiger partial charge in [0.05, 0.1) is 20.0 Å². The summed E-state index contributed by atoms with van der Waals surface area (Å²) in [7, 11) is -3.95. The molecular weight excluding hydrogens is 347 g/mol. The molecule has 2 rings (SSSR count). The highest BCUT2D eigenvalue weighted by Crippen LogP contribution is 2.28. The lowest BCUT2D eigenvalue weighted by Crippen LogP contribution is -2.14. The Morgan fingerprint density at radius 3 is 2.40 bits per heavy atom. The van der Waals surface area contributed by atoms with Crippen LogP contribution in [0.15, 0.2) is 35.4 Å². The van der Waals surface area contributed by atoms with E-state index in [1.165, 1.54) is 30.5 Å². The van der Waals surface area contributed by atoms with Gasteiger partial charge in [-0.2, -0.15) is 0 Å². The predicted molar refractivity (Wildman–Crippen MR) is 78.2 cm³/mol. The molecule has 0 saturated carbocycles. The van der Waals surface area contributed by atoms with Gasteiger partial charge in [-0.1, -0.05) is 34.8 Å². The lowest BCUT2D eigenvalue weighted by molar-refractivity contribution is 0.475. The summed E-state index contributed by atoms with van der Waals surface area (Å²) in [6.07, 6.45) is 1.20. The van der Waals surface area contributed by atoms with Gasteiger partial charge in [0.1, 0.15) is 0 Å². The van der Waals surface area contributed by atoms with Gasteiger partial charge in [-0.25, -0.2) is 13.4 Å². The van der Waals surface area contributed by atoms with Crippen molar-refractivity contribution in [3.05, 3.63) is 45.5 Å². The molecule has 5 nitrogen and oxygen atoms in total. The van der Waals surface area contributed by atoms with Gasteiger partial charge in [0.2, 0.25) is 0 Å². The quantitative estimate of drug-likeness (QED) is 0.884. The van der Waals surface area contributed by atoms with Gasteiger partial charge in [0.25, 0.3) is 10.0 Å². The van der Waals surface area contributed by atoms with Crippen molar-refractivity contribution in [3.63, 3.8) is 0 Å². The number of anilines is 1. The predicted octanol–water partition coefficient (Wildman–Crippen LogP) is 3.55. The average Bonchev–Trinajstić information content (AvgIpc) is 2.36. The number of halogens is 3. The van der Waals surface area contributed by atoms with Crippen molar-refractivity contribution in [2.75, 3.05) is 4.72 Å². The molecule has 0 bridgehead atoms. The Morgan fingerprint density at radius 2 is 1.80 bits per heavy atom. The number of sulfonamides is 1. The molecule has 0 spiro atoms. The monoisotopic (exact) mass is 352 g/mol. The van der Waals surface area contributed by atoms with Crippen LogP contribution in [0.4, 0.5) is 5.82 Å². The third kappa shape index (κ3) is 3.27. The zero-order valence-corrected chi connectivity index (χ0v) is 12.7. The van der Waals surface area contributed by atoms with E-state index in [4.69, 9.17) is 34.8 Å². The highest BCUT2D eigenvalue weighted by atomic mass is 35.5. The summed E-state index contributed by atoms with van der Waals surface area (Å²) in [5.41, 5.74) is 0. The fourth-order valence-corrected chi connectivity index (χ4v) is 2.90. The third-order valence-corrected chi connectivity index (χ3v) is 4.55. The number of rotatable bonds is 3. The molecule has 0 fully saturated rings. The van der Waals surface area contributed by atoms with Crippen molar-refractivity contribution in [1.29, 1.82) is 0 Å². The van der Waals surface area contributed by atoms with E-state index >= 15 is 0 Å². The van der Waals surface area contributed by atoms with Crippen LogP contribution in [-0.4, -0.2) is 18.5 Å². The van der Waals surface area contributed by atoms with Crippen molar-refractivity contribution < 1.29 is 13.5 Å². The number of hydrogen-bond donors (Lipinski definition) is 2. The summed E-state index contributed by atoms with van der Waals surface area (Å²) in [5, 5.41) is 10.1. The Morgan fingerprint density at radius 1 is 1.10 bits per heavy atom. The van der Waals surface area contributed by atoms with Crippen LogP contribution in [0.2, 0.25) is 15.1 Å². The molecule has 0 aliphatic carbocycles.